The highest BCUT2D eigenvalue weighted by atomic mass is 32.2. The molecule has 3 heteroatoms. The van der Waals surface area contributed by atoms with Gasteiger partial charge in [-0.25, -0.2) is 9.19 Å². The van der Waals surface area contributed by atoms with Crippen molar-refractivity contribution in [3.05, 3.63) is 17.8 Å². The largest absolute Gasteiger partial charge is 0.247 e. The monoisotopic (exact) mass is 139 g/mol. The minimum atomic E-state index is -0.837. The van der Waals surface area contributed by atoms with E-state index in [4.69, 9.17) is 0 Å². The quantitative estimate of drug-likeness (QED) is 0.507. The molecule has 1 aromatic heterocycles. The Balaban J connectivity index is 2.74. The second-order valence-corrected chi connectivity index (χ2v) is 3.36. The van der Waals surface area contributed by atoms with Crippen molar-refractivity contribution in [2.24, 2.45) is 0 Å². The van der Waals surface area contributed by atoms with E-state index < -0.39 is 10.8 Å². The third-order valence-corrected chi connectivity index (χ3v) is 2.73. The van der Waals surface area contributed by atoms with Crippen molar-refractivity contribution in [3.63, 3.8) is 0 Å². The first-order chi connectivity index (χ1) is 4.30. The molecule has 0 aromatic carbocycles. The van der Waals surface area contributed by atoms with Gasteiger partial charge in [0, 0.05) is 6.20 Å². The van der Waals surface area contributed by atoms with E-state index >= 15 is 0 Å². The molecule has 0 N–H and O–H groups in total. The fraction of sp³-hybridized carbons (Fsp3) is 0.167. The van der Waals surface area contributed by atoms with Crippen LogP contribution in [0.2, 0.25) is 0 Å². The molecule has 0 aliphatic carbocycles. The molecule has 0 fully saturated rings. The number of rotatable bonds is 0. The molecule has 2 rings (SSSR count). The molecule has 0 saturated carbocycles. The summed E-state index contributed by atoms with van der Waals surface area (Å²) in [5.74, 6) is 0. The molecule has 0 radical (unpaired) electrons. The lowest BCUT2D eigenvalue weighted by Gasteiger charge is -1.79. The lowest BCUT2D eigenvalue weighted by Crippen LogP contribution is -1.67. The van der Waals surface area contributed by atoms with Crippen molar-refractivity contribution < 1.29 is 4.21 Å². The van der Waals surface area contributed by atoms with Crippen LogP contribution in [-0.2, 0) is 10.8 Å². The Bertz CT molecular complexity index is 295. The number of pyridine rings is 1. The van der Waals surface area contributed by atoms with Crippen LogP contribution in [0.1, 0.15) is 5.56 Å². The summed E-state index contributed by atoms with van der Waals surface area (Å²) in [6, 6.07) is 1.88. The van der Waals surface area contributed by atoms with Gasteiger partial charge in [0.1, 0.15) is 15.8 Å². The first kappa shape index (κ1) is 5.11. The summed E-state index contributed by atoms with van der Waals surface area (Å²) in [6.07, 6.45) is 1.69. The normalized spacial score (nSPS) is 21.2. The Morgan fingerprint density at radius 1 is 1.67 bits per heavy atom. The molecule has 1 aromatic rings. The Labute approximate surface area is 55.4 Å². The minimum Gasteiger partial charge on any atom is -0.247 e. The van der Waals surface area contributed by atoms with Crippen molar-refractivity contribution >= 4 is 10.8 Å². The molecule has 46 valence electrons. The molecular formula is C6H5NOS. The Morgan fingerprint density at radius 3 is 3.00 bits per heavy atom. The zero-order valence-electron chi connectivity index (χ0n) is 4.92. The van der Waals surface area contributed by atoms with Crippen LogP contribution in [-0.4, -0.2) is 9.19 Å². The van der Waals surface area contributed by atoms with Crippen LogP contribution in [0.3, 0.4) is 0 Å². The lowest BCUT2D eigenvalue weighted by molar-refractivity contribution is 0.692. The van der Waals surface area contributed by atoms with Gasteiger partial charge >= 0.3 is 0 Å². The van der Waals surface area contributed by atoms with Crippen LogP contribution < -0.4 is 0 Å². The molecule has 1 unspecified atom stereocenters. The summed E-state index contributed by atoms with van der Waals surface area (Å²) in [6.45, 7) is 1.95. The molecule has 0 saturated heterocycles. The SMILES string of the molecule is Cc1ccnc2c1S2=O. The van der Waals surface area contributed by atoms with E-state index in [2.05, 4.69) is 4.98 Å². The Kier molecular flexibility index (Phi) is 0.805. The standard InChI is InChI=1S/C6H5NOS/c1-4-2-3-7-6-5(4)9(6)8/h2-3H,1H3. The average molecular weight is 139 g/mol. The molecule has 0 amide bonds. The highest BCUT2D eigenvalue weighted by Crippen LogP contribution is 2.35. The summed E-state index contributed by atoms with van der Waals surface area (Å²) < 4.78 is 10.8. The van der Waals surface area contributed by atoms with Gasteiger partial charge in [-0.1, -0.05) is 0 Å². The molecular weight excluding hydrogens is 134 g/mol. The molecule has 0 bridgehead atoms. The summed E-state index contributed by atoms with van der Waals surface area (Å²) in [7, 11) is -0.837. The van der Waals surface area contributed by atoms with Crippen molar-refractivity contribution in [1.29, 1.82) is 0 Å². The van der Waals surface area contributed by atoms with Crippen molar-refractivity contribution in [2.75, 3.05) is 0 Å². The maximum absolute atomic E-state index is 10.8. The van der Waals surface area contributed by atoms with Gasteiger partial charge in [0.15, 0.2) is 0 Å². The number of aromatic nitrogens is 1. The van der Waals surface area contributed by atoms with Gasteiger partial charge in [-0.15, -0.1) is 0 Å². The van der Waals surface area contributed by atoms with E-state index in [1.54, 1.807) is 6.20 Å². The van der Waals surface area contributed by atoms with E-state index in [0.717, 1.165) is 15.5 Å². The summed E-state index contributed by atoms with van der Waals surface area (Å²) in [4.78, 5) is 4.86. The predicted octanol–water partition coefficient (Wildman–Crippen LogP) is 0.870. The molecule has 1 aliphatic heterocycles. The molecule has 1 aliphatic rings. The van der Waals surface area contributed by atoms with Crippen molar-refractivity contribution in [3.8, 4) is 0 Å². The molecule has 0 spiro atoms. The Morgan fingerprint density at radius 2 is 2.44 bits per heavy atom. The highest BCUT2D eigenvalue weighted by Gasteiger charge is 2.31. The van der Waals surface area contributed by atoms with Crippen LogP contribution in [0.4, 0.5) is 0 Å². The molecule has 2 heterocycles. The van der Waals surface area contributed by atoms with E-state index in [9.17, 15) is 4.21 Å². The van der Waals surface area contributed by atoms with E-state index in [1.165, 1.54) is 0 Å². The second-order valence-electron chi connectivity index (χ2n) is 2.03. The van der Waals surface area contributed by atoms with Gasteiger partial charge in [-0.3, -0.25) is 0 Å². The van der Waals surface area contributed by atoms with Gasteiger partial charge < -0.3 is 0 Å². The third kappa shape index (κ3) is 0.551. The first-order valence-corrected chi connectivity index (χ1v) is 3.83. The zero-order valence-corrected chi connectivity index (χ0v) is 5.73. The van der Waals surface area contributed by atoms with E-state index in [-0.39, 0.29) is 0 Å². The van der Waals surface area contributed by atoms with Gasteiger partial charge in [0.05, 0.1) is 4.90 Å². The van der Waals surface area contributed by atoms with Gasteiger partial charge in [0.2, 0.25) is 0 Å². The topological polar surface area (TPSA) is 30.0 Å². The van der Waals surface area contributed by atoms with Crippen LogP contribution in [0, 0.1) is 6.92 Å². The summed E-state index contributed by atoms with van der Waals surface area (Å²) >= 11 is 0. The number of hydrogen-bond donors (Lipinski definition) is 0. The molecule has 1 atom stereocenters. The van der Waals surface area contributed by atoms with Crippen molar-refractivity contribution in [2.45, 2.75) is 16.8 Å². The first-order valence-electron chi connectivity index (χ1n) is 2.68. The van der Waals surface area contributed by atoms with Crippen LogP contribution >= 0.6 is 0 Å². The fourth-order valence-corrected chi connectivity index (χ4v) is 1.93. The zero-order chi connectivity index (χ0) is 6.43. The molecule has 2 nitrogen and oxygen atoms in total. The van der Waals surface area contributed by atoms with Crippen molar-refractivity contribution in [1.82, 2.24) is 4.98 Å². The number of aryl methyl sites for hydroxylation is 1. The number of nitrogens with zero attached hydrogens (tertiary/aromatic N) is 1. The Hall–Kier alpha value is -0.700. The second kappa shape index (κ2) is 1.42. The maximum atomic E-state index is 10.8. The predicted molar refractivity (Wildman–Crippen MR) is 33.6 cm³/mol. The minimum absolute atomic E-state index is 0.773. The van der Waals surface area contributed by atoms with Crippen LogP contribution in [0.15, 0.2) is 22.2 Å². The van der Waals surface area contributed by atoms with E-state index in [1.807, 2.05) is 13.0 Å². The van der Waals surface area contributed by atoms with Gasteiger partial charge in [-0.05, 0) is 18.6 Å². The van der Waals surface area contributed by atoms with Crippen LogP contribution in [0.25, 0.3) is 0 Å². The average Bonchev–Trinajstić information content (AvgIpc) is 2.45. The maximum Gasteiger partial charge on any atom is 0.149 e. The molecule has 9 heavy (non-hydrogen) atoms. The smallest absolute Gasteiger partial charge is 0.149 e. The van der Waals surface area contributed by atoms with E-state index in [0.29, 0.717) is 0 Å². The number of fused-ring (bicyclic) bond motifs is 1. The fourth-order valence-electron chi connectivity index (χ4n) is 0.841. The van der Waals surface area contributed by atoms with Crippen LogP contribution in [0.5, 0.6) is 0 Å². The number of hydrogen-bond acceptors (Lipinski definition) is 2. The highest BCUT2D eigenvalue weighted by molar-refractivity contribution is 7.90. The lowest BCUT2D eigenvalue weighted by atomic mass is 10.3. The summed E-state index contributed by atoms with van der Waals surface area (Å²) in [5.41, 5.74) is 1.10. The summed E-state index contributed by atoms with van der Waals surface area (Å²) in [5, 5.41) is 0.773. The van der Waals surface area contributed by atoms with Gasteiger partial charge in [0.25, 0.3) is 0 Å². The van der Waals surface area contributed by atoms with Gasteiger partial charge in [-0.2, -0.15) is 0 Å². The third-order valence-electron chi connectivity index (χ3n) is 1.39.